The third-order valence-corrected chi connectivity index (χ3v) is 28.6. The first-order valence-corrected chi connectivity index (χ1v) is 40.9. The molecular weight excluding hydrogens is 1580 g/mol. The van der Waals surface area contributed by atoms with Gasteiger partial charge in [-0.1, -0.05) is 66.5 Å². The molecule has 41 nitrogen and oxygen atoms in total. The summed E-state index contributed by atoms with van der Waals surface area (Å²) in [4.78, 5) is 42.2. The lowest BCUT2D eigenvalue weighted by atomic mass is 9.32. The molecule has 8 saturated heterocycles. The molecule has 8 aliphatic heterocycles. The van der Waals surface area contributed by atoms with Gasteiger partial charge in [0.1, 0.15) is 158 Å². The van der Waals surface area contributed by atoms with Gasteiger partial charge in [0.15, 0.2) is 56.4 Å². The van der Waals surface area contributed by atoms with Crippen LogP contribution in [-0.4, -0.2) is 394 Å². The molecule has 5 aliphatic carbocycles. The smallest absolute Gasteiger partial charge is 0.317 e. The highest BCUT2D eigenvalue weighted by atomic mass is 16.8. The summed E-state index contributed by atoms with van der Waals surface area (Å²) >= 11 is 0. The highest BCUT2D eigenvalue weighted by molar-refractivity contribution is 5.80. The number of hydrogen-bond acceptors (Lipinski definition) is 40. The molecule has 13 aliphatic rings. The third-order valence-electron chi connectivity index (χ3n) is 28.6. The second-order valence-electron chi connectivity index (χ2n) is 36.6. The summed E-state index contributed by atoms with van der Waals surface area (Å²) in [6.07, 6.45) is -56.3. The number of nitrogens with one attached hydrogen (secondary N) is 1. The normalized spacial score (nSPS) is 52.0. The van der Waals surface area contributed by atoms with E-state index in [-0.39, 0.29) is 31.1 Å². The zero-order valence-electron chi connectivity index (χ0n) is 67.3. The second-order valence-corrected chi connectivity index (χ2v) is 36.6. The molecule has 44 atom stereocenters. The first-order chi connectivity index (χ1) is 55.5. The number of ether oxygens (including phenoxy) is 17. The number of fused-ring (bicyclic) bond motifs is 7. The predicted molar refractivity (Wildman–Crippen MR) is 386 cm³/mol. The maximum Gasteiger partial charge on any atom is 0.317 e. The van der Waals surface area contributed by atoms with Crippen LogP contribution in [0.5, 0.6) is 0 Å². The predicted octanol–water partition coefficient (Wildman–Crippen LogP) is -7.51. The van der Waals surface area contributed by atoms with E-state index in [1.54, 1.807) is 0 Å². The van der Waals surface area contributed by atoms with Crippen molar-refractivity contribution in [1.29, 1.82) is 0 Å². The molecule has 1 amide bonds. The van der Waals surface area contributed by atoms with Crippen LogP contribution in [0.15, 0.2) is 11.6 Å². The van der Waals surface area contributed by atoms with Crippen LogP contribution in [0.4, 0.5) is 0 Å². The van der Waals surface area contributed by atoms with E-state index in [1.807, 2.05) is 13.8 Å². The third kappa shape index (κ3) is 16.9. The van der Waals surface area contributed by atoms with E-state index >= 15 is 4.79 Å². The van der Waals surface area contributed by atoms with Gasteiger partial charge >= 0.3 is 11.9 Å². The molecule has 13 rings (SSSR count). The molecule has 4 saturated carbocycles. The number of carbonyl (C=O) groups is 3. The highest BCUT2D eigenvalue weighted by Gasteiger charge is 2.74. The molecule has 8 heterocycles. The lowest BCUT2D eigenvalue weighted by molar-refractivity contribution is -0.377. The van der Waals surface area contributed by atoms with E-state index in [9.17, 15) is 112 Å². The topological polar surface area (TPSA) is 625 Å². The van der Waals surface area contributed by atoms with Gasteiger partial charge < -0.3 is 188 Å². The minimum atomic E-state index is -2.13. The molecule has 0 aromatic carbocycles. The molecule has 0 bridgehead atoms. The van der Waals surface area contributed by atoms with Gasteiger partial charge in [-0.15, -0.1) is 0 Å². The van der Waals surface area contributed by atoms with Crippen molar-refractivity contribution in [1.82, 2.24) is 5.32 Å². The molecule has 0 aromatic heterocycles. The van der Waals surface area contributed by atoms with Crippen LogP contribution in [0.3, 0.4) is 0 Å². The molecule has 21 N–H and O–H groups in total. The van der Waals surface area contributed by atoms with E-state index in [0.29, 0.717) is 44.9 Å². The summed E-state index contributed by atoms with van der Waals surface area (Å²) in [6.45, 7) is 12.4. The Morgan fingerprint density at radius 2 is 1.03 bits per heavy atom. The van der Waals surface area contributed by atoms with Gasteiger partial charge in [0, 0.05) is 26.2 Å². The molecule has 44 unspecified atom stereocenters. The number of hydrogen-bond donors (Lipinski definition) is 21. The van der Waals surface area contributed by atoms with E-state index in [2.05, 4.69) is 46.0 Å². The molecular formula is C77H123NO40. The summed E-state index contributed by atoms with van der Waals surface area (Å²) in [7, 11) is 0. The van der Waals surface area contributed by atoms with Gasteiger partial charge in [-0.05, 0) is 90.3 Å². The van der Waals surface area contributed by atoms with Gasteiger partial charge in [-0.2, -0.15) is 0 Å². The van der Waals surface area contributed by atoms with Crippen LogP contribution in [-0.2, 0) is 94.9 Å². The number of esters is 2. The summed E-state index contributed by atoms with van der Waals surface area (Å²) in [5.74, 6) is -3.47. The largest absolute Gasteiger partial charge is 0.463 e. The highest BCUT2D eigenvalue weighted by Crippen LogP contribution is 2.77. The van der Waals surface area contributed by atoms with Crippen LogP contribution < -0.4 is 5.32 Å². The standard InChI is InChI=1S/C77H123NO40/c1-28(81)78-44-49(92)59(116-69-53(96)50(93)47(90)35(21-79)107-69)38(27-106-65-55(98)57(33(85)24-103-65)112-43-19-31(83)46(89)63(100)113-43)109-64(44)111-42-14-17-74(7)39(73(42,5)6)13-18-75(8)40(74)12-11-30-62-72(3,4)15-10-16-77(62,41(87)20-76(30,75)9)71(101)118-70-61(117-67-56(99)58(34(86)25-105-67)114-68-52(95)48(91)36(22-80)108-68)54(97)60(37(110-70)26-102-29(2)82)115-66-51(94)45(88)32(84)23-104-66/h11,31-70,79-80,83-100H,10,12-27H2,1-9H3,(H,78,81). The maximum atomic E-state index is 16.3. The van der Waals surface area contributed by atoms with Gasteiger partial charge in [0.05, 0.1) is 58.0 Å². The number of amides is 1. The number of aliphatic hydroxyl groups is 20. The van der Waals surface area contributed by atoms with Crippen molar-refractivity contribution in [3.8, 4) is 0 Å². The fraction of sp³-hybridized carbons (Fsp3) is 0.935. The van der Waals surface area contributed by atoms with E-state index < -0.39 is 330 Å². The Balaban J connectivity index is 0.769. The molecule has 41 heteroatoms. The number of rotatable bonds is 22. The summed E-state index contributed by atoms with van der Waals surface area (Å²) in [5.41, 5.74) is -4.32. The van der Waals surface area contributed by atoms with E-state index in [4.69, 9.17) is 80.5 Å². The maximum absolute atomic E-state index is 16.3. The Hall–Kier alpha value is -3.25. The Labute approximate surface area is 680 Å². The van der Waals surface area contributed by atoms with E-state index in [1.165, 1.54) is 6.92 Å². The minimum Gasteiger partial charge on any atom is -0.463 e. The Morgan fingerprint density at radius 3 is 1.66 bits per heavy atom. The number of allylic oxidation sites excluding steroid dienone is 2. The van der Waals surface area contributed by atoms with E-state index in [0.717, 1.165) is 12.5 Å². The van der Waals surface area contributed by atoms with Gasteiger partial charge in [0.2, 0.25) is 12.2 Å². The summed E-state index contributed by atoms with van der Waals surface area (Å²) in [5, 5.41) is 225. The average Bonchev–Trinajstić information content (AvgIpc) is 0.695. The van der Waals surface area contributed by atoms with Crippen molar-refractivity contribution in [3.05, 3.63) is 11.6 Å². The van der Waals surface area contributed by atoms with Crippen molar-refractivity contribution in [2.45, 2.75) is 354 Å². The first kappa shape index (κ1) is 92.4. The van der Waals surface area contributed by atoms with Crippen molar-refractivity contribution in [3.63, 3.8) is 0 Å². The van der Waals surface area contributed by atoms with Crippen LogP contribution in [0, 0.1) is 50.2 Å². The zero-order valence-corrected chi connectivity index (χ0v) is 67.3. The van der Waals surface area contributed by atoms with Crippen molar-refractivity contribution in [2.75, 3.05) is 46.2 Å². The monoisotopic (exact) mass is 1700 g/mol. The van der Waals surface area contributed by atoms with Gasteiger partial charge in [0.25, 0.3) is 0 Å². The lowest BCUT2D eigenvalue weighted by Crippen LogP contribution is -2.70. The van der Waals surface area contributed by atoms with Crippen LogP contribution >= 0.6 is 0 Å². The van der Waals surface area contributed by atoms with Crippen LogP contribution in [0.2, 0.25) is 0 Å². The molecule has 0 aromatic rings. The Morgan fingerprint density at radius 1 is 0.483 bits per heavy atom. The molecule has 0 radical (unpaired) electrons. The molecule has 676 valence electrons. The van der Waals surface area contributed by atoms with Crippen LogP contribution in [0.25, 0.3) is 0 Å². The fourth-order valence-corrected chi connectivity index (χ4v) is 22.2. The second kappa shape index (κ2) is 35.9. The Kier molecular flexibility index (Phi) is 28.1. The first-order valence-electron chi connectivity index (χ1n) is 40.9. The molecule has 0 spiro atoms. The SMILES string of the molecule is CC(=O)NC1C(OC2CCC3(C)C(CCC4(C)C3CC=C3C5C(C)(C)CCCC5(C(=O)OC5OC(COC(C)=O)C(OC6OCC(O)C(O)C6O)C(O)C5OC5OCC(O)C(OC6OC(CO)C(O)C6O)C5O)C(O)CC34C)C2(C)C)OC(COC2OCC(O)C(OC3CC(O)C(O)C(O)O3)C2O)C(OC2OC(CO)C(O)C(O)C2O)C1O. The van der Waals surface area contributed by atoms with Crippen molar-refractivity contribution < 1.29 is 197 Å². The number of aliphatic hydroxyl groups excluding tert-OH is 20. The quantitative estimate of drug-likeness (QED) is 0.0272. The van der Waals surface area contributed by atoms with Crippen molar-refractivity contribution in [2.24, 2.45) is 50.2 Å². The zero-order chi connectivity index (χ0) is 85.9. The summed E-state index contributed by atoms with van der Waals surface area (Å²) in [6, 6.07) is -1.47. The number of carbonyl (C=O) groups excluding carboxylic acids is 3. The lowest BCUT2D eigenvalue weighted by Gasteiger charge is -2.72. The summed E-state index contributed by atoms with van der Waals surface area (Å²) < 4.78 is 102. The molecule has 118 heavy (non-hydrogen) atoms. The fourth-order valence-electron chi connectivity index (χ4n) is 22.2. The average molecular weight is 1700 g/mol. The van der Waals surface area contributed by atoms with Crippen molar-refractivity contribution >= 4 is 17.8 Å². The van der Waals surface area contributed by atoms with Gasteiger partial charge in [-0.25, -0.2) is 0 Å². The molecule has 12 fully saturated rings. The van der Waals surface area contributed by atoms with Crippen LogP contribution in [0.1, 0.15) is 127 Å². The Bertz CT molecular complexity index is 3450. The van der Waals surface area contributed by atoms with Gasteiger partial charge in [-0.3, -0.25) is 14.4 Å². The minimum absolute atomic E-state index is 0.0330.